The van der Waals surface area contributed by atoms with E-state index in [-0.39, 0.29) is 71.2 Å². The second-order valence-corrected chi connectivity index (χ2v) is 13.7. The van der Waals surface area contributed by atoms with Gasteiger partial charge in [0.05, 0.1) is 16.3 Å². The number of carbonyl (C=O) groups excluding carboxylic acids is 3. The van der Waals surface area contributed by atoms with E-state index < -0.39 is 30.0 Å². The summed E-state index contributed by atoms with van der Waals surface area (Å²) in [6, 6.07) is 15.5. The Labute approximate surface area is 262 Å². The molecule has 13 nitrogen and oxygen atoms in total. The summed E-state index contributed by atoms with van der Waals surface area (Å²) < 4.78 is 79.4. The SMILES string of the molecule is O=C(CCCCC[n+]1c(-c2nc3c(o2)c(S(=O)(=O)[O-])cc2cc(S(=O)(=O)[O-])ccc23)ccc2ccccc21)CN1C(=O)CCC1=O. The number of benzene rings is 3. The molecular weight excluding hydrogens is 638 g/mol. The maximum atomic E-state index is 12.4. The summed E-state index contributed by atoms with van der Waals surface area (Å²) in [7, 11) is -9.97. The van der Waals surface area contributed by atoms with Crippen LogP contribution in [0, 0.1) is 0 Å². The summed E-state index contributed by atoms with van der Waals surface area (Å²) in [4.78, 5) is 40.2. The highest BCUT2D eigenvalue weighted by Gasteiger charge is 2.30. The fourth-order valence-corrected chi connectivity index (χ4v) is 6.86. The Morgan fingerprint density at radius 3 is 2.33 bits per heavy atom. The average Bonchev–Trinajstić information content (AvgIpc) is 3.58. The van der Waals surface area contributed by atoms with Crippen molar-refractivity contribution in [3.8, 4) is 11.6 Å². The third-order valence-electron chi connectivity index (χ3n) is 7.96. The first kappa shape index (κ1) is 31.4. The number of pyridine rings is 1. The van der Waals surface area contributed by atoms with Crippen LogP contribution in [0.5, 0.6) is 0 Å². The van der Waals surface area contributed by atoms with Gasteiger partial charge in [-0.25, -0.2) is 21.8 Å². The third kappa shape index (κ3) is 6.13. The quantitative estimate of drug-likeness (QED) is 0.0869. The molecule has 1 aliphatic heterocycles. The molecular formula is C31H26N3O10S2-. The van der Waals surface area contributed by atoms with Gasteiger partial charge >= 0.3 is 0 Å². The van der Waals surface area contributed by atoms with Gasteiger partial charge in [-0.05, 0) is 48.6 Å². The zero-order chi connectivity index (χ0) is 32.8. The van der Waals surface area contributed by atoms with Crippen LogP contribution in [0.15, 0.2) is 74.9 Å². The molecule has 1 aliphatic rings. The molecule has 0 N–H and O–H groups in total. The number of likely N-dealkylation sites (tertiary alicyclic amines) is 1. The smallest absolute Gasteiger partial charge is 0.294 e. The number of rotatable bonds is 11. The van der Waals surface area contributed by atoms with Crippen molar-refractivity contribution in [2.45, 2.75) is 54.9 Å². The summed E-state index contributed by atoms with van der Waals surface area (Å²) in [5.41, 5.74) is 0.989. The van der Waals surface area contributed by atoms with Crippen LogP contribution in [-0.2, 0) is 41.2 Å². The summed E-state index contributed by atoms with van der Waals surface area (Å²) in [6.07, 6.45) is 2.28. The number of amides is 2. The molecule has 46 heavy (non-hydrogen) atoms. The standard InChI is InChI=1S/C31H27N3O10S2/c35-21(18-34-27(36)13-14-28(34)37)7-2-1-5-15-33-24-8-4-3-6-19(24)9-12-25(33)31-32-29-23-11-10-22(45(38,39)40)16-20(23)17-26(30(29)44-31)46(41,42)43/h3-4,6,8-12,16-17H,1-2,5,7,13-15,18H2,(H-,38,39,40,41,42,43)/p-1. The van der Waals surface area contributed by atoms with Gasteiger partial charge in [-0.2, -0.15) is 4.57 Å². The first-order valence-electron chi connectivity index (χ1n) is 14.4. The Bertz CT molecular complexity index is 2280. The van der Waals surface area contributed by atoms with Crippen LogP contribution in [0.1, 0.15) is 38.5 Å². The largest absolute Gasteiger partial charge is 0.744 e. The highest BCUT2D eigenvalue weighted by atomic mass is 32.2. The van der Waals surface area contributed by atoms with Crippen LogP contribution < -0.4 is 4.57 Å². The van der Waals surface area contributed by atoms with Gasteiger partial charge in [-0.15, -0.1) is 0 Å². The number of ketones is 1. The monoisotopic (exact) mass is 664 g/mol. The van der Waals surface area contributed by atoms with Crippen LogP contribution in [0.4, 0.5) is 0 Å². The molecule has 0 atom stereocenters. The number of imide groups is 1. The van der Waals surface area contributed by atoms with Gasteiger partial charge in [0, 0.05) is 48.6 Å². The van der Waals surface area contributed by atoms with Crippen molar-refractivity contribution in [3.63, 3.8) is 0 Å². The maximum Gasteiger partial charge on any atom is 0.294 e. The number of unbranched alkanes of at least 4 members (excludes halogenated alkanes) is 2. The van der Waals surface area contributed by atoms with Crippen molar-refractivity contribution in [3.05, 3.63) is 60.7 Å². The fourth-order valence-electron chi connectivity index (χ4n) is 5.72. The fraction of sp³-hybridized carbons (Fsp3) is 0.258. The molecule has 2 aromatic heterocycles. The Kier molecular flexibility index (Phi) is 8.18. The molecule has 0 radical (unpaired) electrons. The van der Waals surface area contributed by atoms with E-state index in [1.54, 1.807) is 6.07 Å². The number of aromatic nitrogens is 2. The van der Waals surface area contributed by atoms with Crippen molar-refractivity contribution in [1.82, 2.24) is 9.88 Å². The Morgan fingerprint density at radius 2 is 1.61 bits per heavy atom. The molecule has 0 bridgehead atoms. The Hall–Kier alpha value is -4.57. The summed E-state index contributed by atoms with van der Waals surface area (Å²) in [5, 5.41) is 1.19. The topological polar surface area (TPSA) is 199 Å². The number of hydrogen-bond acceptors (Lipinski definition) is 11. The molecule has 0 saturated carbocycles. The molecule has 5 aromatic rings. The van der Waals surface area contributed by atoms with Crippen LogP contribution in [0.2, 0.25) is 0 Å². The van der Waals surface area contributed by atoms with E-state index in [1.165, 1.54) is 6.07 Å². The third-order valence-corrected chi connectivity index (χ3v) is 9.63. The lowest BCUT2D eigenvalue weighted by Crippen LogP contribution is -2.37. The van der Waals surface area contributed by atoms with Crippen molar-refractivity contribution < 1.29 is 49.3 Å². The van der Waals surface area contributed by atoms with E-state index in [0.717, 1.165) is 34.0 Å². The van der Waals surface area contributed by atoms with E-state index in [4.69, 9.17) is 4.42 Å². The molecule has 15 heteroatoms. The molecule has 0 unspecified atom stereocenters. The van der Waals surface area contributed by atoms with Gasteiger partial charge in [0.2, 0.25) is 17.3 Å². The minimum atomic E-state index is -5.11. The summed E-state index contributed by atoms with van der Waals surface area (Å²) >= 11 is 0. The normalized spacial score (nSPS) is 14.3. The number of fused-ring (bicyclic) bond motifs is 4. The molecule has 0 spiro atoms. The second kappa shape index (κ2) is 12.0. The van der Waals surface area contributed by atoms with Crippen molar-refractivity contribution in [2.75, 3.05) is 6.54 Å². The van der Waals surface area contributed by atoms with E-state index in [2.05, 4.69) is 4.98 Å². The van der Waals surface area contributed by atoms with Crippen LogP contribution >= 0.6 is 0 Å². The number of aryl methyl sites for hydroxylation is 1. The van der Waals surface area contributed by atoms with Gasteiger partial charge in [-0.3, -0.25) is 19.3 Å². The predicted molar refractivity (Wildman–Crippen MR) is 160 cm³/mol. The summed E-state index contributed by atoms with van der Waals surface area (Å²) in [6.45, 7) is 0.242. The van der Waals surface area contributed by atoms with Gasteiger partial charge in [0.25, 0.3) is 11.6 Å². The van der Waals surface area contributed by atoms with Crippen molar-refractivity contribution >= 4 is 70.6 Å². The molecule has 238 valence electrons. The minimum Gasteiger partial charge on any atom is -0.744 e. The maximum absolute atomic E-state index is 12.4. The van der Waals surface area contributed by atoms with E-state index >= 15 is 0 Å². The zero-order valence-electron chi connectivity index (χ0n) is 24.2. The second-order valence-electron chi connectivity index (χ2n) is 11.0. The minimum absolute atomic E-state index is 0.00459. The zero-order valence-corrected chi connectivity index (χ0v) is 25.8. The molecule has 1 fully saturated rings. The van der Waals surface area contributed by atoms with Crippen LogP contribution in [0.25, 0.3) is 44.4 Å². The Morgan fingerprint density at radius 1 is 0.870 bits per heavy atom. The van der Waals surface area contributed by atoms with Crippen molar-refractivity contribution in [2.24, 2.45) is 0 Å². The number of hydrogen-bond donors (Lipinski definition) is 0. The number of para-hydroxylation sites is 1. The number of oxazole rings is 1. The van der Waals surface area contributed by atoms with Gasteiger partial charge in [0.1, 0.15) is 32.3 Å². The lowest BCUT2D eigenvalue weighted by molar-refractivity contribution is -0.661. The molecule has 0 aliphatic carbocycles. The van der Waals surface area contributed by atoms with E-state index in [1.807, 2.05) is 34.9 Å². The molecule has 2 amide bonds. The summed E-state index contributed by atoms with van der Waals surface area (Å²) in [5.74, 6) is -0.838. The van der Waals surface area contributed by atoms with Gasteiger partial charge in [-0.1, -0.05) is 18.2 Å². The lowest BCUT2D eigenvalue weighted by Gasteiger charge is -2.12. The number of Topliss-reactive ketones (excluding diaryl/α,β-unsaturated/α-hetero) is 1. The molecule has 1 saturated heterocycles. The van der Waals surface area contributed by atoms with Gasteiger partial charge < -0.3 is 13.5 Å². The van der Waals surface area contributed by atoms with Crippen LogP contribution in [0.3, 0.4) is 0 Å². The van der Waals surface area contributed by atoms with Crippen molar-refractivity contribution in [1.29, 1.82) is 0 Å². The lowest BCUT2D eigenvalue weighted by atomic mass is 10.1. The number of nitrogens with zero attached hydrogens (tertiary/aromatic N) is 3. The molecule has 3 aromatic carbocycles. The average molecular weight is 665 g/mol. The highest BCUT2D eigenvalue weighted by molar-refractivity contribution is 7.86. The molecule has 6 rings (SSSR count). The molecule has 3 heterocycles. The van der Waals surface area contributed by atoms with Crippen LogP contribution in [-0.4, -0.2) is 60.0 Å². The Balaban J connectivity index is 1.32. The van der Waals surface area contributed by atoms with Gasteiger partial charge in [0.15, 0.2) is 11.4 Å². The first-order chi connectivity index (χ1) is 21.8. The number of carbonyl (C=O) groups is 3. The van der Waals surface area contributed by atoms with E-state index in [0.29, 0.717) is 31.5 Å². The first-order valence-corrected chi connectivity index (χ1v) is 17.2. The highest BCUT2D eigenvalue weighted by Crippen LogP contribution is 2.35. The van der Waals surface area contributed by atoms with E-state index in [9.17, 15) is 40.3 Å². The predicted octanol–water partition coefficient (Wildman–Crippen LogP) is 3.18.